The predicted molar refractivity (Wildman–Crippen MR) is 61.5 cm³/mol. The maximum absolute atomic E-state index is 11.0. The smallest absolute Gasteiger partial charge is 0.219 e. The predicted octanol–water partition coefficient (Wildman–Crippen LogP) is 0.182. The number of likely N-dealkylation sites (N-methyl/N-ethyl adjacent to an activating group) is 1. The van der Waals surface area contributed by atoms with Crippen LogP contribution in [0.4, 0.5) is 0 Å². The largest absolute Gasteiger partial charge is 0.359 e. The van der Waals surface area contributed by atoms with Gasteiger partial charge in [-0.3, -0.25) is 4.79 Å². The molecular weight excluding hydrogens is 190 g/mol. The lowest BCUT2D eigenvalue weighted by Gasteiger charge is -2.26. The molecule has 4 heteroatoms. The van der Waals surface area contributed by atoms with Crippen LogP contribution in [0.3, 0.4) is 0 Å². The SMILES string of the molecule is CNC(=O)CCCN(C)C(CN)C1CC1. The lowest BCUT2D eigenvalue weighted by Crippen LogP contribution is -2.40. The van der Waals surface area contributed by atoms with Gasteiger partial charge in [0, 0.05) is 26.1 Å². The third-order valence-electron chi connectivity index (χ3n) is 3.17. The molecule has 1 amide bonds. The summed E-state index contributed by atoms with van der Waals surface area (Å²) in [5.74, 6) is 0.930. The molecule has 0 spiro atoms. The van der Waals surface area contributed by atoms with E-state index in [2.05, 4.69) is 17.3 Å². The molecule has 1 aliphatic rings. The van der Waals surface area contributed by atoms with Crippen LogP contribution in [0.15, 0.2) is 0 Å². The molecule has 1 unspecified atom stereocenters. The maximum atomic E-state index is 11.0. The highest BCUT2D eigenvalue weighted by Crippen LogP contribution is 2.34. The number of nitrogens with zero attached hydrogens (tertiary/aromatic N) is 1. The molecule has 0 bridgehead atoms. The Bertz CT molecular complexity index is 204. The van der Waals surface area contributed by atoms with E-state index in [1.807, 2.05) is 0 Å². The number of carbonyl (C=O) groups excluding carboxylic acids is 1. The fourth-order valence-electron chi connectivity index (χ4n) is 1.99. The lowest BCUT2D eigenvalue weighted by atomic mass is 10.1. The van der Waals surface area contributed by atoms with Crippen molar-refractivity contribution in [2.75, 3.05) is 27.2 Å². The van der Waals surface area contributed by atoms with E-state index in [9.17, 15) is 4.79 Å². The second kappa shape index (κ2) is 6.08. The first-order valence-corrected chi connectivity index (χ1v) is 5.80. The molecule has 0 heterocycles. The summed E-state index contributed by atoms with van der Waals surface area (Å²) in [6.45, 7) is 1.70. The highest BCUT2D eigenvalue weighted by atomic mass is 16.1. The maximum Gasteiger partial charge on any atom is 0.219 e. The molecule has 1 fully saturated rings. The highest BCUT2D eigenvalue weighted by molar-refractivity contribution is 5.75. The summed E-state index contributed by atoms with van der Waals surface area (Å²) in [5.41, 5.74) is 5.75. The molecular formula is C11H23N3O. The summed E-state index contributed by atoms with van der Waals surface area (Å²) < 4.78 is 0. The molecule has 0 aromatic rings. The Morgan fingerprint density at radius 3 is 2.73 bits per heavy atom. The van der Waals surface area contributed by atoms with Gasteiger partial charge >= 0.3 is 0 Å². The minimum absolute atomic E-state index is 0.124. The van der Waals surface area contributed by atoms with Crippen molar-refractivity contribution in [2.24, 2.45) is 11.7 Å². The van der Waals surface area contributed by atoms with E-state index in [0.29, 0.717) is 12.5 Å². The Morgan fingerprint density at radius 1 is 1.60 bits per heavy atom. The van der Waals surface area contributed by atoms with Crippen LogP contribution >= 0.6 is 0 Å². The molecule has 4 nitrogen and oxygen atoms in total. The zero-order valence-corrected chi connectivity index (χ0v) is 9.83. The van der Waals surface area contributed by atoms with E-state index >= 15 is 0 Å². The number of rotatable bonds is 7. The molecule has 0 aliphatic heterocycles. The fourth-order valence-corrected chi connectivity index (χ4v) is 1.99. The van der Waals surface area contributed by atoms with Gasteiger partial charge in [-0.15, -0.1) is 0 Å². The third-order valence-corrected chi connectivity index (χ3v) is 3.17. The summed E-state index contributed by atoms with van der Waals surface area (Å²) in [6.07, 6.45) is 4.17. The quantitative estimate of drug-likeness (QED) is 0.634. The second-order valence-corrected chi connectivity index (χ2v) is 4.40. The Labute approximate surface area is 92.2 Å². The Hall–Kier alpha value is -0.610. The van der Waals surface area contributed by atoms with Gasteiger partial charge in [0.15, 0.2) is 0 Å². The zero-order valence-electron chi connectivity index (χ0n) is 9.83. The monoisotopic (exact) mass is 213 g/mol. The topological polar surface area (TPSA) is 58.4 Å². The minimum atomic E-state index is 0.124. The summed E-state index contributed by atoms with van der Waals surface area (Å²) in [4.78, 5) is 13.3. The normalized spacial score (nSPS) is 17.9. The van der Waals surface area contributed by atoms with Gasteiger partial charge in [-0.05, 0) is 38.8 Å². The van der Waals surface area contributed by atoms with Gasteiger partial charge in [0.2, 0.25) is 5.91 Å². The zero-order chi connectivity index (χ0) is 11.3. The Balaban J connectivity index is 2.16. The first-order valence-electron chi connectivity index (χ1n) is 5.80. The van der Waals surface area contributed by atoms with Crippen molar-refractivity contribution < 1.29 is 4.79 Å². The van der Waals surface area contributed by atoms with Gasteiger partial charge in [-0.25, -0.2) is 0 Å². The van der Waals surface area contributed by atoms with E-state index in [-0.39, 0.29) is 5.91 Å². The van der Waals surface area contributed by atoms with Crippen LogP contribution in [-0.2, 0) is 4.79 Å². The summed E-state index contributed by atoms with van der Waals surface area (Å²) >= 11 is 0. The van der Waals surface area contributed by atoms with E-state index in [0.717, 1.165) is 25.4 Å². The third kappa shape index (κ3) is 4.18. The van der Waals surface area contributed by atoms with Crippen LogP contribution in [-0.4, -0.2) is 44.0 Å². The summed E-state index contributed by atoms with van der Waals surface area (Å²) in [5, 5.41) is 2.63. The van der Waals surface area contributed by atoms with Crippen LogP contribution in [0.5, 0.6) is 0 Å². The van der Waals surface area contributed by atoms with Gasteiger partial charge in [0.05, 0.1) is 0 Å². The molecule has 15 heavy (non-hydrogen) atoms. The molecule has 1 aliphatic carbocycles. The van der Waals surface area contributed by atoms with Crippen molar-refractivity contribution in [3.8, 4) is 0 Å². The van der Waals surface area contributed by atoms with Crippen LogP contribution < -0.4 is 11.1 Å². The van der Waals surface area contributed by atoms with E-state index < -0.39 is 0 Å². The van der Waals surface area contributed by atoms with Crippen molar-refractivity contribution in [3.05, 3.63) is 0 Å². The van der Waals surface area contributed by atoms with Crippen molar-refractivity contribution >= 4 is 5.91 Å². The average molecular weight is 213 g/mol. The summed E-state index contributed by atoms with van der Waals surface area (Å²) in [6, 6.07) is 0.523. The molecule has 88 valence electrons. The fraction of sp³-hybridized carbons (Fsp3) is 0.909. The first kappa shape index (κ1) is 12.5. The molecule has 0 aromatic heterocycles. The number of hydrogen-bond donors (Lipinski definition) is 2. The van der Waals surface area contributed by atoms with Crippen LogP contribution in [0.1, 0.15) is 25.7 Å². The van der Waals surface area contributed by atoms with Gasteiger partial charge in [0.1, 0.15) is 0 Å². The molecule has 0 saturated heterocycles. The van der Waals surface area contributed by atoms with Gasteiger partial charge in [-0.1, -0.05) is 0 Å². The first-order chi connectivity index (χ1) is 7.19. The number of nitrogens with two attached hydrogens (primary N) is 1. The number of carbonyl (C=O) groups is 1. The van der Waals surface area contributed by atoms with E-state index in [4.69, 9.17) is 5.73 Å². The molecule has 1 rings (SSSR count). The van der Waals surface area contributed by atoms with Crippen LogP contribution in [0.25, 0.3) is 0 Å². The van der Waals surface area contributed by atoms with Gasteiger partial charge in [0.25, 0.3) is 0 Å². The second-order valence-electron chi connectivity index (χ2n) is 4.40. The Kier molecular flexibility index (Phi) is 5.05. The lowest BCUT2D eigenvalue weighted by molar-refractivity contribution is -0.120. The number of nitrogens with one attached hydrogen (secondary N) is 1. The van der Waals surface area contributed by atoms with Crippen molar-refractivity contribution in [1.82, 2.24) is 10.2 Å². The number of amides is 1. The van der Waals surface area contributed by atoms with Crippen molar-refractivity contribution in [1.29, 1.82) is 0 Å². The molecule has 0 aromatic carbocycles. The van der Waals surface area contributed by atoms with Crippen LogP contribution in [0.2, 0.25) is 0 Å². The molecule has 1 atom stereocenters. The van der Waals surface area contributed by atoms with E-state index in [1.54, 1.807) is 7.05 Å². The molecule has 1 saturated carbocycles. The van der Waals surface area contributed by atoms with Crippen molar-refractivity contribution in [2.45, 2.75) is 31.7 Å². The molecule has 3 N–H and O–H groups in total. The minimum Gasteiger partial charge on any atom is -0.359 e. The molecule has 0 radical (unpaired) electrons. The Morgan fingerprint density at radius 2 is 2.27 bits per heavy atom. The van der Waals surface area contributed by atoms with Crippen molar-refractivity contribution in [3.63, 3.8) is 0 Å². The van der Waals surface area contributed by atoms with E-state index in [1.165, 1.54) is 12.8 Å². The van der Waals surface area contributed by atoms with Gasteiger partial charge in [-0.2, -0.15) is 0 Å². The standard InChI is InChI=1S/C11H23N3O/c1-13-11(15)4-3-7-14(2)10(8-12)9-5-6-9/h9-10H,3-8,12H2,1-2H3,(H,13,15). The van der Waals surface area contributed by atoms with Crippen LogP contribution in [0, 0.1) is 5.92 Å². The highest BCUT2D eigenvalue weighted by Gasteiger charge is 2.32. The van der Waals surface area contributed by atoms with Gasteiger partial charge < -0.3 is 16.0 Å². The number of hydrogen-bond acceptors (Lipinski definition) is 3. The average Bonchev–Trinajstić information content (AvgIpc) is 3.03. The summed E-state index contributed by atoms with van der Waals surface area (Å²) in [7, 11) is 3.79.